The number of hydrogen-bond acceptors (Lipinski definition) is 8. The van der Waals surface area contributed by atoms with Crippen molar-refractivity contribution in [3.63, 3.8) is 0 Å². The zero-order chi connectivity index (χ0) is 25.1. The van der Waals surface area contributed by atoms with E-state index < -0.39 is 18.5 Å². The van der Waals surface area contributed by atoms with Gasteiger partial charge in [0.05, 0.1) is 30.8 Å². The minimum absolute atomic E-state index is 0.193. The number of hydrogen-bond donors (Lipinski definition) is 2. The van der Waals surface area contributed by atoms with Crippen LogP contribution in [0.5, 0.6) is 0 Å². The fourth-order valence-corrected chi connectivity index (χ4v) is 4.11. The fraction of sp³-hybridized carbons (Fsp3) is 0.240. The van der Waals surface area contributed by atoms with Crippen molar-refractivity contribution in [1.82, 2.24) is 15.3 Å². The molecule has 1 unspecified atom stereocenters. The number of aliphatic hydroxyl groups is 1. The van der Waals surface area contributed by atoms with E-state index in [-0.39, 0.29) is 17.1 Å². The molecule has 11 heteroatoms. The first kappa shape index (κ1) is 23.8. The van der Waals surface area contributed by atoms with Gasteiger partial charge in [0.25, 0.3) is 0 Å². The van der Waals surface area contributed by atoms with Gasteiger partial charge in [-0.25, -0.2) is 19.4 Å². The molecular formula is C25H22F3N5O3. The number of nitrogens with one attached hydrogen (secondary N) is 1. The lowest BCUT2D eigenvalue weighted by atomic mass is 9.99. The average Bonchev–Trinajstić information content (AvgIpc) is 3.13. The summed E-state index contributed by atoms with van der Waals surface area (Å²) in [5, 5.41) is 14.3. The van der Waals surface area contributed by atoms with Crippen LogP contribution in [0, 0.1) is 5.82 Å². The van der Waals surface area contributed by atoms with Crippen molar-refractivity contribution in [2.45, 2.75) is 12.7 Å². The highest BCUT2D eigenvalue weighted by Gasteiger charge is 2.19. The summed E-state index contributed by atoms with van der Waals surface area (Å²) < 4.78 is 49.6. The molecule has 0 amide bonds. The highest BCUT2D eigenvalue weighted by Crippen LogP contribution is 2.33. The standard InChI is InChI=1S/C25H22F3N5O3/c26-19-4-1-15(24(34)20-5-6-22(31-13-29-20)36-25(27)28)11-18(19)23-17-3-2-16(12-21(17)30-14-32-23)33-7-9-35-10-8-33/h1-6,11-14,24-25,34H,7-10H2,(H,29,31). The molecule has 1 aromatic heterocycles. The Labute approximate surface area is 204 Å². The van der Waals surface area contributed by atoms with Crippen LogP contribution in [0.15, 0.2) is 71.5 Å². The highest BCUT2D eigenvalue weighted by atomic mass is 19.3. The number of morpholine rings is 1. The van der Waals surface area contributed by atoms with Gasteiger partial charge in [0.15, 0.2) is 0 Å². The van der Waals surface area contributed by atoms with Gasteiger partial charge in [0.2, 0.25) is 5.88 Å². The number of ether oxygens (including phenoxy) is 2. The Morgan fingerprint density at radius 1 is 1.06 bits per heavy atom. The Hall–Kier alpha value is -3.96. The summed E-state index contributed by atoms with van der Waals surface area (Å²) in [5.74, 6) is -0.830. The number of aliphatic imine (C=N–C) groups is 1. The van der Waals surface area contributed by atoms with E-state index in [0.29, 0.717) is 35.4 Å². The minimum atomic E-state index is -3.03. The molecule has 1 saturated heterocycles. The molecule has 0 aliphatic carbocycles. The third-order valence-electron chi connectivity index (χ3n) is 5.89. The maximum Gasteiger partial charge on any atom is 0.388 e. The van der Waals surface area contributed by atoms with E-state index in [0.717, 1.165) is 25.1 Å². The van der Waals surface area contributed by atoms with Gasteiger partial charge in [0, 0.05) is 41.5 Å². The van der Waals surface area contributed by atoms with Crippen molar-refractivity contribution < 1.29 is 27.8 Å². The molecule has 0 radical (unpaired) electrons. The molecule has 36 heavy (non-hydrogen) atoms. The molecule has 1 atom stereocenters. The van der Waals surface area contributed by atoms with Crippen molar-refractivity contribution in [2.24, 2.45) is 4.99 Å². The average molecular weight is 497 g/mol. The number of halogens is 3. The predicted molar refractivity (Wildman–Crippen MR) is 128 cm³/mol. The molecule has 1 fully saturated rings. The summed E-state index contributed by atoms with van der Waals surface area (Å²) in [5.41, 5.74) is 2.84. The van der Waals surface area contributed by atoms with E-state index in [9.17, 15) is 18.3 Å². The molecule has 2 aliphatic rings. The van der Waals surface area contributed by atoms with Gasteiger partial charge in [-0.05, 0) is 42.0 Å². The molecule has 186 valence electrons. The second-order valence-corrected chi connectivity index (χ2v) is 8.07. The van der Waals surface area contributed by atoms with Crippen molar-refractivity contribution >= 4 is 22.9 Å². The molecule has 0 saturated carbocycles. The summed E-state index contributed by atoms with van der Waals surface area (Å²) in [6, 6.07) is 9.93. The maximum atomic E-state index is 15.0. The second kappa shape index (κ2) is 10.3. The van der Waals surface area contributed by atoms with Crippen molar-refractivity contribution in [2.75, 3.05) is 31.2 Å². The molecule has 2 aliphatic heterocycles. The number of nitrogens with zero attached hydrogens (tertiary/aromatic N) is 4. The number of allylic oxidation sites excluding steroid dienone is 2. The monoisotopic (exact) mass is 497 g/mol. The van der Waals surface area contributed by atoms with E-state index in [2.05, 4.69) is 29.9 Å². The Kier molecular flexibility index (Phi) is 6.83. The summed E-state index contributed by atoms with van der Waals surface area (Å²) in [7, 11) is 0. The largest absolute Gasteiger partial charge is 0.417 e. The minimum Gasteiger partial charge on any atom is -0.417 e. The summed E-state index contributed by atoms with van der Waals surface area (Å²) >= 11 is 0. The van der Waals surface area contributed by atoms with Crippen LogP contribution in [-0.4, -0.2) is 54.3 Å². The molecule has 2 N–H and O–H groups in total. The lowest BCUT2D eigenvalue weighted by Gasteiger charge is -2.29. The second-order valence-electron chi connectivity index (χ2n) is 8.07. The third-order valence-corrected chi connectivity index (χ3v) is 5.89. The number of alkyl halides is 2. The smallest absolute Gasteiger partial charge is 0.388 e. The van der Waals surface area contributed by atoms with Gasteiger partial charge in [-0.2, -0.15) is 8.78 Å². The van der Waals surface area contributed by atoms with Crippen LogP contribution in [0.25, 0.3) is 22.2 Å². The fourth-order valence-electron chi connectivity index (χ4n) is 4.11. The van der Waals surface area contributed by atoms with Crippen LogP contribution in [0.3, 0.4) is 0 Å². The van der Waals surface area contributed by atoms with Crippen LogP contribution in [0.1, 0.15) is 11.7 Å². The molecule has 5 rings (SSSR count). The van der Waals surface area contributed by atoms with E-state index >= 15 is 0 Å². The predicted octanol–water partition coefficient (Wildman–Crippen LogP) is 3.90. The molecule has 2 aromatic carbocycles. The quantitative estimate of drug-likeness (QED) is 0.534. The molecule has 0 spiro atoms. The van der Waals surface area contributed by atoms with E-state index in [4.69, 9.17) is 4.74 Å². The van der Waals surface area contributed by atoms with Crippen LogP contribution >= 0.6 is 0 Å². The van der Waals surface area contributed by atoms with Gasteiger partial charge in [-0.1, -0.05) is 6.07 Å². The number of aliphatic hydroxyl groups excluding tert-OH is 1. The first-order chi connectivity index (χ1) is 17.5. The van der Waals surface area contributed by atoms with Gasteiger partial charge >= 0.3 is 6.61 Å². The third kappa shape index (κ3) is 5.02. The summed E-state index contributed by atoms with van der Waals surface area (Å²) in [6.45, 7) is -0.169. The Bertz CT molecular complexity index is 1360. The molecule has 3 heterocycles. The molecular weight excluding hydrogens is 475 g/mol. The van der Waals surface area contributed by atoms with Crippen molar-refractivity contribution in [1.29, 1.82) is 0 Å². The Balaban J connectivity index is 1.47. The van der Waals surface area contributed by atoms with Crippen LogP contribution in [0.4, 0.5) is 18.9 Å². The lowest BCUT2D eigenvalue weighted by molar-refractivity contribution is -0.0964. The zero-order valence-corrected chi connectivity index (χ0v) is 18.9. The van der Waals surface area contributed by atoms with Gasteiger partial charge in [-0.15, -0.1) is 0 Å². The van der Waals surface area contributed by atoms with E-state index in [1.807, 2.05) is 18.2 Å². The van der Waals surface area contributed by atoms with Gasteiger partial charge < -0.3 is 24.8 Å². The van der Waals surface area contributed by atoms with Gasteiger partial charge in [-0.3, -0.25) is 0 Å². The van der Waals surface area contributed by atoms with Crippen LogP contribution in [-0.2, 0) is 9.47 Å². The SMILES string of the molecule is OC(C1=CC=C(OC(F)F)N=CN1)c1ccc(F)c(-c2ncnc3cc(N4CCOCC4)ccc23)c1. The Morgan fingerprint density at radius 3 is 2.69 bits per heavy atom. The number of fused-ring (bicyclic) bond motifs is 1. The van der Waals surface area contributed by atoms with Crippen molar-refractivity contribution in [3.8, 4) is 11.3 Å². The number of anilines is 1. The summed E-state index contributed by atoms with van der Waals surface area (Å²) in [6.07, 6.45) is 3.86. The molecule has 3 aromatic rings. The van der Waals surface area contributed by atoms with Crippen LogP contribution in [0.2, 0.25) is 0 Å². The first-order valence-corrected chi connectivity index (χ1v) is 11.2. The van der Waals surface area contributed by atoms with Crippen LogP contribution < -0.4 is 10.2 Å². The zero-order valence-electron chi connectivity index (χ0n) is 18.9. The normalized spacial score (nSPS) is 16.9. The van der Waals surface area contributed by atoms with Gasteiger partial charge in [0.1, 0.15) is 18.2 Å². The lowest BCUT2D eigenvalue weighted by Crippen LogP contribution is -2.36. The van der Waals surface area contributed by atoms with Crippen molar-refractivity contribution in [3.05, 3.63) is 77.8 Å². The maximum absolute atomic E-state index is 15.0. The highest BCUT2D eigenvalue weighted by molar-refractivity contribution is 5.94. The first-order valence-electron chi connectivity index (χ1n) is 11.2. The number of aromatic nitrogens is 2. The molecule has 8 nitrogen and oxygen atoms in total. The van der Waals surface area contributed by atoms with E-state index in [1.165, 1.54) is 36.7 Å². The van der Waals surface area contributed by atoms with E-state index in [1.54, 1.807) is 0 Å². The topological polar surface area (TPSA) is 92.1 Å². The number of benzene rings is 2. The Morgan fingerprint density at radius 2 is 1.89 bits per heavy atom. The molecule has 0 bridgehead atoms. The number of rotatable bonds is 6. The summed E-state index contributed by atoms with van der Waals surface area (Å²) in [4.78, 5) is 14.6.